The Balaban J connectivity index is 0.000000163. The van der Waals surface area contributed by atoms with E-state index >= 15 is 0 Å². The second-order valence-corrected chi connectivity index (χ2v) is 32.4. The van der Waals surface area contributed by atoms with Gasteiger partial charge in [0.2, 0.25) is 0 Å². The molecule has 3 amide bonds. The highest BCUT2D eigenvalue weighted by molar-refractivity contribution is 6.04. The van der Waals surface area contributed by atoms with Crippen LogP contribution in [0.15, 0.2) is 145 Å². The van der Waals surface area contributed by atoms with Crippen LogP contribution in [0, 0.1) is 51.7 Å². The van der Waals surface area contributed by atoms with E-state index in [1.807, 2.05) is 91.0 Å². The van der Waals surface area contributed by atoms with Crippen LogP contribution in [0.1, 0.15) is 54.5 Å². The second-order valence-electron chi connectivity index (χ2n) is 32.4. The molecule has 0 spiro atoms. The molecule has 15 atom stereocenters. The quantitative estimate of drug-likeness (QED) is 0.0260. The maximum absolute atomic E-state index is 12.8. The van der Waals surface area contributed by atoms with Gasteiger partial charge < -0.3 is 105 Å². The predicted molar refractivity (Wildman–Crippen MR) is 467 cm³/mol. The van der Waals surface area contributed by atoms with E-state index in [0.717, 1.165) is 152 Å². The summed E-state index contributed by atoms with van der Waals surface area (Å²) in [6.45, 7) is 18.3. The molecular weight excluding hydrogens is 1630 g/mol. The summed E-state index contributed by atoms with van der Waals surface area (Å²) in [6.07, 6.45) is -1.11. The first-order valence-electron chi connectivity index (χ1n) is 42.4. The number of ether oxygens (including phenoxy) is 8. The fourth-order valence-corrected chi connectivity index (χ4v) is 15.9. The molecule has 6 aliphatic rings. The van der Waals surface area contributed by atoms with Crippen LogP contribution in [0.4, 0.5) is 17.1 Å². The van der Waals surface area contributed by atoms with Gasteiger partial charge in [-0.2, -0.15) is 15.8 Å². The van der Waals surface area contributed by atoms with Crippen molar-refractivity contribution in [1.82, 2.24) is 70.7 Å². The van der Waals surface area contributed by atoms with Crippen molar-refractivity contribution in [3.05, 3.63) is 178 Å². The minimum absolute atomic E-state index is 0.0248. The molecule has 9 heterocycles. The summed E-state index contributed by atoms with van der Waals surface area (Å²) < 4.78 is 48.3. The number of carbonyl (C=O) groups excluding carboxylic acids is 3. The molecule has 0 radical (unpaired) electrons. The fourth-order valence-electron chi connectivity index (χ4n) is 15.9. The van der Waals surface area contributed by atoms with Crippen LogP contribution in [-0.4, -0.2) is 297 Å². The number of aliphatic hydroxyl groups excluding tert-OH is 6. The van der Waals surface area contributed by atoms with Gasteiger partial charge in [0.1, 0.15) is 88.6 Å². The van der Waals surface area contributed by atoms with Crippen molar-refractivity contribution in [2.75, 3.05) is 135 Å². The average Bonchev–Trinajstić information content (AvgIpc) is 1.82. The number of hydrogen-bond acceptors (Lipinski definition) is 31. The summed E-state index contributed by atoms with van der Waals surface area (Å²) in [5.74, 6) is -2.76. The molecule has 127 heavy (non-hydrogen) atoms. The molecule has 672 valence electrons. The van der Waals surface area contributed by atoms with Gasteiger partial charge in [-0.3, -0.25) is 19.3 Å². The normalized spacial score (nSPS) is 25.1. The van der Waals surface area contributed by atoms with Gasteiger partial charge in [0.15, 0.2) is 18.9 Å². The zero-order chi connectivity index (χ0) is 89.8. The predicted octanol–water partition coefficient (Wildman–Crippen LogP) is 3.48. The number of fused-ring (bicyclic) bond motifs is 3. The number of benzene rings is 6. The Hall–Kier alpha value is -11.6. The molecule has 6 aliphatic heterocycles. The van der Waals surface area contributed by atoms with Crippen molar-refractivity contribution in [3.8, 4) is 18.2 Å². The first-order chi connectivity index (χ1) is 61.4. The highest BCUT2D eigenvalue weighted by Crippen LogP contribution is 2.33. The van der Waals surface area contributed by atoms with Crippen molar-refractivity contribution < 1.29 is 82.9 Å². The summed E-state index contributed by atoms with van der Waals surface area (Å²) >= 11 is 0. The standard InChI is InChI=1S/C31H39N7O6.C30H37N7O5.C29H34N6O6/c1-20-28(39)29(40)27(44-31(20)42-2)19-38-18-26(35-36-38)17-34-30(41)24(16-32)14-21-3-4-23-15-25(6-5-22(23)13-21)33-7-8-37-9-11-43-12-10-37;1-19-27(38)28(39)26(42-30(19)41-3)18-37-17-24(33-34-37)16-32-29(40)23(15-31)13-20-4-5-22-14-25(7-6-21(22)12-20)36-10-8-35(2)9-11-36;1-18-26(36)27(37)25(41-29(18)39-2)17-35-16-23(32-33-35)15-31-28(38)22(14-30)12-19-3-4-21-13-24(6-5-20(21)11-19)34-7-9-40-10-8-34/h3-6,13-15,18,20,27-29,31,33,39-40H,7-12,17,19H2,1-2H3,(H,34,41);4-7,12-14,17,19,26-28,30,38-39H,8-11,16,18H2,1-3H3,(H,32,40);3-6,11-13,16,18,25-27,29,36-37H,7-10,15,17H2,1-2H3,(H,31,38)/b24-14+;23-13+;22-12+/t20-,27-,28-,29-,31+;19-,26-,27-,28-,30+;18-,25-,26-,27-,29+/m111/s1. The molecule has 3 aromatic heterocycles. The van der Waals surface area contributed by atoms with Crippen molar-refractivity contribution in [1.29, 1.82) is 15.8 Å². The van der Waals surface area contributed by atoms with Gasteiger partial charge in [0.05, 0.1) is 103 Å². The molecule has 0 unspecified atom stereocenters. The molecule has 0 saturated carbocycles. The number of carbonyl (C=O) groups is 3. The number of aliphatic hydroxyl groups is 6. The van der Waals surface area contributed by atoms with E-state index in [9.17, 15) is 60.8 Å². The van der Waals surface area contributed by atoms with Crippen LogP contribution in [0.25, 0.3) is 50.5 Å². The van der Waals surface area contributed by atoms with Gasteiger partial charge in [0.25, 0.3) is 17.7 Å². The third kappa shape index (κ3) is 24.2. The van der Waals surface area contributed by atoms with Gasteiger partial charge in [-0.05, 0) is 129 Å². The topological polar surface area (TPSA) is 471 Å². The molecule has 0 bridgehead atoms. The molecule has 9 aromatic rings. The summed E-state index contributed by atoms with van der Waals surface area (Å²) in [4.78, 5) is 47.8. The Kier molecular flexibility index (Phi) is 32.4. The van der Waals surface area contributed by atoms with E-state index in [1.54, 1.807) is 57.6 Å². The van der Waals surface area contributed by atoms with Crippen molar-refractivity contribution >= 4 is 85.3 Å². The van der Waals surface area contributed by atoms with Crippen LogP contribution in [0.3, 0.4) is 0 Å². The Morgan fingerprint density at radius 2 is 0.772 bits per heavy atom. The lowest BCUT2D eigenvalue weighted by Crippen LogP contribution is -2.55. The molecule has 0 aliphatic carbocycles. The molecule has 6 fully saturated rings. The zero-order valence-corrected chi connectivity index (χ0v) is 72.0. The van der Waals surface area contributed by atoms with Crippen molar-refractivity contribution in [2.45, 2.75) is 134 Å². The van der Waals surface area contributed by atoms with Crippen LogP contribution < -0.4 is 31.1 Å². The first-order valence-corrected chi connectivity index (χ1v) is 42.4. The Bertz CT molecular complexity index is 5460. The number of methoxy groups -OCH3 is 3. The molecule has 37 nitrogen and oxygen atoms in total. The van der Waals surface area contributed by atoms with Gasteiger partial charge in [0, 0.05) is 122 Å². The van der Waals surface area contributed by atoms with E-state index in [2.05, 4.69) is 115 Å². The number of nitrogens with zero attached hydrogens (tertiary/aromatic N) is 16. The van der Waals surface area contributed by atoms with E-state index in [-0.39, 0.29) is 61.9 Å². The molecular formula is C90H110N20O17. The molecule has 15 rings (SSSR count). The third-order valence-electron chi connectivity index (χ3n) is 23.6. The summed E-state index contributed by atoms with van der Waals surface area (Å²) in [6, 6.07) is 42.2. The lowest BCUT2D eigenvalue weighted by molar-refractivity contribution is -0.272. The van der Waals surface area contributed by atoms with Gasteiger partial charge in [-0.1, -0.05) is 91.0 Å². The molecule has 6 aromatic carbocycles. The SMILES string of the molecule is CO[C@H]1O[C@H](Cn2cc(CNC(=O)/C(C#N)=C/c3ccc4cc(N5CCN(C)CC5)ccc4c3)nn2)[C@@H](O)[C@H](O)[C@H]1C.CO[C@H]1O[C@H](Cn2cc(CNC(=O)/C(C#N)=C/c3ccc4cc(N5CCOCC5)ccc4c3)nn2)[C@@H](O)[C@H](O)[C@H]1C.CO[C@H]1O[C@H](Cn2cc(CNC(=O)/C(C#N)=C/c3ccc4cc(NCCN5CCOCC5)ccc4c3)nn2)[C@@H](O)[C@H](O)[C@H]1C. The number of rotatable bonds is 27. The highest BCUT2D eigenvalue weighted by atomic mass is 16.7. The van der Waals surface area contributed by atoms with Crippen LogP contribution in [0.2, 0.25) is 0 Å². The number of anilines is 3. The highest BCUT2D eigenvalue weighted by Gasteiger charge is 2.45. The number of amides is 3. The van der Waals surface area contributed by atoms with Crippen molar-refractivity contribution in [2.24, 2.45) is 17.8 Å². The minimum atomic E-state index is -1.12. The minimum Gasteiger partial charge on any atom is -0.390 e. The van der Waals surface area contributed by atoms with E-state index in [0.29, 0.717) is 17.1 Å². The smallest absolute Gasteiger partial charge is 0.262 e. The summed E-state index contributed by atoms with van der Waals surface area (Å²) in [7, 11) is 6.57. The zero-order valence-electron chi connectivity index (χ0n) is 72.0. The lowest BCUT2D eigenvalue weighted by Gasteiger charge is -2.40. The molecule has 10 N–H and O–H groups in total. The first kappa shape index (κ1) is 93.0. The molecule has 6 saturated heterocycles. The number of piperazine rings is 1. The van der Waals surface area contributed by atoms with Crippen LogP contribution in [-0.2, 0) is 91.5 Å². The number of likely N-dealkylation sites (N-methyl/N-ethyl adjacent to an activating group) is 1. The van der Waals surface area contributed by atoms with Crippen molar-refractivity contribution in [3.63, 3.8) is 0 Å². The second kappa shape index (κ2) is 44.2. The summed E-state index contributed by atoms with van der Waals surface area (Å²) in [5, 5.41) is 133. The molecule has 37 heteroatoms. The fraction of sp³-hybridized carbons (Fsp3) is 0.467. The number of morpholine rings is 2. The Morgan fingerprint density at radius 3 is 1.13 bits per heavy atom. The Labute approximate surface area is 734 Å². The van der Waals surface area contributed by atoms with E-state index in [4.69, 9.17) is 37.9 Å². The number of nitrogens with one attached hydrogen (secondary N) is 4. The number of aromatic nitrogens is 9. The lowest BCUT2D eigenvalue weighted by atomic mass is 9.92. The van der Waals surface area contributed by atoms with E-state index in [1.165, 1.54) is 41.1 Å². The number of hydrogen-bond donors (Lipinski definition) is 10. The summed E-state index contributed by atoms with van der Waals surface area (Å²) in [5.41, 5.74) is 6.90. The third-order valence-corrected chi connectivity index (χ3v) is 23.6. The number of nitriles is 3. The Morgan fingerprint density at radius 1 is 0.441 bits per heavy atom. The maximum atomic E-state index is 12.8. The van der Waals surface area contributed by atoms with Crippen LogP contribution >= 0.6 is 0 Å². The largest absolute Gasteiger partial charge is 0.390 e. The average molecular weight is 1740 g/mol. The van der Waals surface area contributed by atoms with E-state index < -0.39 is 103 Å². The monoisotopic (exact) mass is 1740 g/mol. The maximum Gasteiger partial charge on any atom is 0.262 e. The van der Waals surface area contributed by atoms with Gasteiger partial charge in [-0.25, -0.2) is 14.0 Å². The van der Waals surface area contributed by atoms with Gasteiger partial charge >= 0.3 is 0 Å². The van der Waals surface area contributed by atoms with Crippen LogP contribution in [0.5, 0.6) is 0 Å². The van der Waals surface area contributed by atoms with Gasteiger partial charge in [-0.15, -0.1) is 15.3 Å².